The number of rotatable bonds is 9. The van der Waals surface area contributed by atoms with Gasteiger partial charge in [0.2, 0.25) is 0 Å². The van der Waals surface area contributed by atoms with Gasteiger partial charge in [0, 0.05) is 19.1 Å². The molecule has 1 aromatic heterocycles. The van der Waals surface area contributed by atoms with Crippen LogP contribution in [0, 0.1) is 11.7 Å². The van der Waals surface area contributed by atoms with E-state index in [0.29, 0.717) is 5.92 Å². The molecule has 1 aliphatic rings. The van der Waals surface area contributed by atoms with Crippen LogP contribution in [0.4, 0.5) is 4.39 Å². The molecule has 0 bridgehead atoms. The molecular formula is C17H28FN3. The Hall–Kier alpha value is -1.00. The maximum Gasteiger partial charge on any atom is 0.141 e. The van der Waals surface area contributed by atoms with Crippen LogP contribution in [0.25, 0.3) is 0 Å². The van der Waals surface area contributed by atoms with Crippen molar-refractivity contribution in [3.05, 3.63) is 29.8 Å². The molecule has 1 N–H and O–H groups in total. The zero-order valence-electron chi connectivity index (χ0n) is 13.5. The van der Waals surface area contributed by atoms with Crippen molar-refractivity contribution in [2.45, 2.75) is 52.1 Å². The van der Waals surface area contributed by atoms with Crippen LogP contribution < -0.4 is 5.32 Å². The van der Waals surface area contributed by atoms with Crippen molar-refractivity contribution < 1.29 is 4.39 Å². The van der Waals surface area contributed by atoms with Crippen LogP contribution in [0.3, 0.4) is 0 Å². The van der Waals surface area contributed by atoms with Gasteiger partial charge < -0.3 is 10.2 Å². The van der Waals surface area contributed by atoms with Gasteiger partial charge in [-0.3, -0.25) is 4.98 Å². The molecule has 3 nitrogen and oxygen atoms in total. The first-order chi connectivity index (χ1) is 10.1. The van der Waals surface area contributed by atoms with E-state index in [1.54, 1.807) is 6.07 Å². The molecule has 1 fully saturated rings. The van der Waals surface area contributed by atoms with Crippen molar-refractivity contribution >= 4 is 0 Å². The summed E-state index contributed by atoms with van der Waals surface area (Å²) in [6.07, 6.45) is 5.02. The van der Waals surface area contributed by atoms with Crippen molar-refractivity contribution in [3.8, 4) is 0 Å². The fraction of sp³-hybridized carbons (Fsp3) is 0.706. The van der Waals surface area contributed by atoms with Crippen molar-refractivity contribution in [3.63, 3.8) is 0 Å². The van der Waals surface area contributed by atoms with Gasteiger partial charge in [-0.2, -0.15) is 0 Å². The lowest BCUT2D eigenvalue weighted by molar-refractivity contribution is 0.221. The van der Waals surface area contributed by atoms with Gasteiger partial charge in [0.15, 0.2) is 0 Å². The summed E-state index contributed by atoms with van der Waals surface area (Å²) in [5.41, 5.74) is 0.943. The molecule has 1 aliphatic carbocycles. The molecule has 4 heteroatoms. The standard InChI is InChI=1S/C17H28FN3/c1-4-19-17(16-8-5-14(18)11-20-16)9-10-21(12-13(2)3)15-6-7-15/h5,8,11,13,15,17,19H,4,6-7,9-10,12H2,1-3H3. The van der Waals surface area contributed by atoms with Crippen molar-refractivity contribution in [1.82, 2.24) is 15.2 Å². The van der Waals surface area contributed by atoms with Gasteiger partial charge in [0.25, 0.3) is 0 Å². The molecule has 0 aliphatic heterocycles. The van der Waals surface area contributed by atoms with E-state index in [-0.39, 0.29) is 11.9 Å². The molecule has 0 aromatic carbocycles. The van der Waals surface area contributed by atoms with Gasteiger partial charge in [-0.05, 0) is 43.9 Å². The first-order valence-corrected chi connectivity index (χ1v) is 8.19. The average Bonchev–Trinajstić information content (AvgIpc) is 3.27. The zero-order valence-corrected chi connectivity index (χ0v) is 13.5. The first-order valence-electron chi connectivity index (χ1n) is 8.19. The molecular weight excluding hydrogens is 265 g/mol. The second kappa shape index (κ2) is 7.85. The maximum absolute atomic E-state index is 13.0. The average molecular weight is 293 g/mol. The summed E-state index contributed by atoms with van der Waals surface area (Å²) in [6, 6.07) is 4.30. The summed E-state index contributed by atoms with van der Waals surface area (Å²) < 4.78 is 13.0. The lowest BCUT2D eigenvalue weighted by atomic mass is 10.1. The monoisotopic (exact) mass is 293 g/mol. The maximum atomic E-state index is 13.0. The quantitative estimate of drug-likeness (QED) is 0.756. The number of hydrogen-bond acceptors (Lipinski definition) is 3. The highest BCUT2D eigenvalue weighted by Gasteiger charge is 2.29. The lowest BCUT2D eigenvalue weighted by Crippen LogP contribution is -2.34. The minimum Gasteiger partial charge on any atom is -0.309 e. The van der Waals surface area contributed by atoms with E-state index in [4.69, 9.17) is 0 Å². The molecule has 1 aromatic rings. The Morgan fingerprint density at radius 3 is 2.67 bits per heavy atom. The van der Waals surface area contributed by atoms with Gasteiger partial charge >= 0.3 is 0 Å². The second-order valence-electron chi connectivity index (χ2n) is 6.42. The van der Waals surface area contributed by atoms with E-state index < -0.39 is 0 Å². The van der Waals surface area contributed by atoms with Crippen LogP contribution in [0.1, 0.15) is 51.8 Å². The highest BCUT2D eigenvalue weighted by atomic mass is 19.1. The fourth-order valence-electron chi connectivity index (χ4n) is 2.82. The summed E-state index contributed by atoms with van der Waals surface area (Å²) in [4.78, 5) is 6.85. The summed E-state index contributed by atoms with van der Waals surface area (Å²) in [6.45, 7) is 9.80. The molecule has 0 radical (unpaired) electrons. The van der Waals surface area contributed by atoms with Crippen LogP contribution in [0.15, 0.2) is 18.3 Å². The summed E-state index contributed by atoms with van der Waals surface area (Å²) in [5.74, 6) is 0.431. The molecule has 1 unspecified atom stereocenters. The third-order valence-electron chi connectivity index (χ3n) is 3.93. The van der Waals surface area contributed by atoms with Crippen LogP contribution >= 0.6 is 0 Å². The summed E-state index contributed by atoms with van der Waals surface area (Å²) in [7, 11) is 0. The smallest absolute Gasteiger partial charge is 0.141 e. The third kappa shape index (κ3) is 5.36. The van der Waals surface area contributed by atoms with E-state index in [9.17, 15) is 4.39 Å². The zero-order chi connectivity index (χ0) is 15.2. The van der Waals surface area contributed by atoms with E-state index >= 15 is 0 Å². The van der Waals surface area contributed by atoms with E-state index in [2.05, 4.69) is 36.0 Å². The molecule has 118 valence electrons. The van der Waals surface area contributed by atoms with Crippen LogP contribution in [0.2, 0.25) is 0 Å². The molecule has 0 saturated heterocycles. The summed E-state index contributed by atoms with van der Waals surface area (Å²) >= 11 is 0. The normalized spacial score (nSPS) is 16.7. The van der Waals surface area contributed by atoms with Crippen LogP contribution in [-0.2, 0) is 0 Å². The SMILES string of the molecule is CCNC(CCN(CC(C)C)C1CC1)c1ccc(F)cn1. The Balaban J connectivity index is 1.93. The molecule has 1 heterocycles. The Labute approximate surface area is 127 Å². The van der Waals surface area contributed by atoms with Crippen LogP contribution in [0.5, 0.6) is 0 Å². The molecule has 2 rings (SSSR count). The largest absolute Gasteiger partial charge is 0.309 e. The van der Waals surface area contributed by atoms with Gasteiger partial charge in [0.1, 0.15) is 5.82 Å². The number of pyridine rings is 1. The number of halogens is 1. The minimum atomic E-state index is -0.270. The topological polar surface area (TPSA) is 28.2 Å². The minimum absolute atomic E-state index is 0.212. The predicted molar refractivity (Wildman–Crippen MR) is 84.7 cm³/mol. The Kier molecular flexibility index (Phi) is 6.12. The number of hydrogen-bond donors (Lipinski definition) is 1. The Morgan fingerprint density at radius 2 is 2.14 bits per heavy atom. The van der Waals surface area contributed by atoms with Crippen molar-refractivity contribution in [2.24, 2.45) is 5.92 Å². The Bertz CT molecular complexity index is 415. The van der Waals surface area contributed by atoms with Gasteiger partial charge in [-0.25, -0.2) is 4.39 Å². The third-order valence-corrected chi connectivity index (χ3v) is 3.93. The van der Waals surface area contributed by atoms with Gasteiger partial charge in [0.05, 0.1) is 17.9 Å². The van der Waals surface area contributed by atoms with E-state index in [1.165, 1.54) is 31.6 Å². The lowest BCUT2D eigenvalue weighted by Gasteiger charge is -2.26. The molecule has 0 amide bonds. The predicted octanol–water partition coefficient (Wildman–Crippen LogP) is 3.38. The highest BCUT2D eigenvalue weighted by Crippen LogP contribution is 2.28. The summed E-state index contributed by atoms with van der Waals surface area (Å²) in [5, 5.41) is 3.47. The molecule has 21 heavy (non-hydrogen) atoms. The van der Waals surface area contributed by atoms with Crippen molar-refractivity contribution in [2.75, 3.05) is 19.6 Å². The number of aromatic nitrogens is 1. The van der Waals surface area contributed by atoms with E-state index in [1.807, 2.05) is 0 Å². The number of nitrogens with zero attached hydrogens (tertiary/aromatic N) is 2. The van der Waals surface area contributed by atoms with E-state index in [0.717, 1.165) is 31.2 Å². The van der Waals surface area contributed by atoms with Crippen molar-refractivity contribution in [1.29, 1.82) is 0 Å². The molecule has 1 saturated carbocycles. The first kappa shape index (κ1) is 16.4. The molecule has 0 spiro atoms. The van der Waals surface area contributed by atoms with Crippen LogP contribution in [-0.4, -0.2) is 35.6 Å². The van der Waals surface area contributed by atoms with Gasteiger partial charge in [-0.1, -0.05) is 20.8 Å². The Morgan fingerprint density at radius 1 is 1.38 bits per heavy atom. The molecule has 1 atom stereocenters. The number of nitrogens with one attached hydrogen (secondary N) is 1. The highest BCUT2D eigenvalue weighted by molar-refractivity contribution is 5.10. The second-order valence-corrected chi connectivity index (χ2v) is 6.42. The fourth-order valence-corrected chi connectivity index (χ4v) is 2.82. The van der Waals surface area contributed by atoms with Gasteiger partial charge in [-0.15, -0.1) is 0 Å².